The quantitative estimate of drug-likeness (QED) is 0.924. The summed E-state index contributed by atoms with van der Waals surface area (Å²) in [6, 6.07) is 13.8. The van der Waals surface area contributed by atoms with E-state index in [2.05, 4.69) is 5.32 Å². The van der Waals surface area contributed by atoms with Gasteiger partial charge in [0.1, 0.15) is 5.82 Å². The van der Waals surface area contributed by atoms with Crippen LogP contribution in [0.4, 0.5) is 4.39 Å². The Labute approximate surface area is 116 Å². The van der Waals surface area contributed by atoms with Crippen molar-refractivity contribution in [1.82, 2.24) is 5.32 Å². The highest BCUT2D eigenvalue weighted by molar-refractivity contribution is 6.30. The lowest BCUT2D eigenvalue weighted by atomic mass is 10.1. The lowest BCUT2D eigenvalue weighted by Gasteiger charge is -2.07. The van der Waals surface area contributed by atoms with Gasteiger partial charge in [0.25, 0.3) is 0 Å². The maximum atomic E-state index is 13.5. The first kappa shape index (κ1) is 13.5. The summed E-state index contributed by atoms with van der Waals surface area (Å²) in [5, 5.41) is 12.6. The van der Waals surface area contributed by atoms with Crippen molar-refractivity contribution >= 4 is 11.6 Å². The molecule has 0 heterocycles. The molecule has 0 spiro atoms. The number of nitrogens with zero attached hydrogens (tertiary/aromatic N) is 1. The van der Waals surface area contributed by atoms with E-state index in [4.69, 9.17) is 16.9 Å². The van der Waals surface area contributed by atoms with Gasteiger partial charge in [0.2, 0.25) is 0 Å². The van der Waals surface area contributed by atoms with Crippen molar-refractivity contribution in [1.29, 1.82) is 5.26 Å². The fraction of sp³-hybridized carbons (Fsp3) is 0.133. The highest BCUT2D eigenvalue weighted by atomic mass is 35.5. The largest absolute Gasteiger partial charge is 0.309 e. The molecule has 0 radical (unpaired) electrons. The van der Waals surface area contributed by atoms with Gasteiger partial charge in [-0.1, -0.05) is 23.7 Å². The molecule has 1 N–H and O–H groups in total. The average molecular weight is 275 g/mol. The summed E-state index contributed by atoms with van der Waals surface area (Å²) in [7, 11) is 0. The molecule has 0 aliphatic carbocycles. The van der Waals surface area contributed by atoms with Crippen LogP contribution in [0.2, 0.25) is 5.02 Å². The first-order chi connectivity index (χ1) is 9.19. The first-order valence-electron chi connectivity index (χ1n) is 5.83. The second-order valence-corrected chi connectivity index (χ2v) is 4.59. The molecule has 0 atom stereocenters. The number of rotatable bonds is 4. The number of halogens is 2. The average Bonchev–Trinajstić information content (AvgIpc) is 2.41. The molecule has 2 aromatic rings. The number of benzene rings is 2. The van der Waals surface area contributed by atoms with Gasteiger partial charge in [-0.25, -0.2) is 4.39 Å². The molecule has 0 aliphatic heterocycles. The van der Waals surface area contributed by atoms with Crippen LogP contribution in [0.25, 0.3) is 0 Å². The van der Waals surface area contributed by atoms with E-state index < -0.39 is 0 Å². The number of nitriles is 1. The monoisotopic (exact) mass is 274 g/mol. The lowest BCUT2D eigenvalue weighted by Crippen LogP contribution is -2.13. The highest BCUT2D eigenvalue weighted by Crippen LogP contribution is 2.12. The van der Waals surface area contributed by atoms with Gasteiger partial charge >= 0.3 is 0 Å². The normalized spacial score (nSPS) is 10.2. The van der Waals surface area contributed by atoms with E-state index in [1.165, 1.54) is 12.1 Å². The van der Waals surface area contributed by atoms with Gasteiger partial charge in [-0.3, -0.25) is 0 Å². The minimum atomic E-state index is -0.308. The SMILES string of the molecule is N#Cc1ccc(F)c(CNCc2cccc(Cl)c2)c1. The van der Waals surface area contributed by atoms with Gasteiger partial charge in [-0.2, -0.15) is 5.26 Å². The molecule has 2 nitrogen and oxygen atoms in total. The van der Waals surface area contributed by atoms with Crippen LogP contribution in [0.1, 0.15) is 16.7 Å². The first-order valence-corrected chi connectivity index (χ1v) is 6.20. The minimum absolute atomic E-state index is 0.308. The standard InChI is InChI=1S/C15H12ClFN2/c16-14-3-1-2-12(7-14)9-19-10-13-6-11(8-18)4-5-15(13)17/h1-7,19H,9-10H2. The predicted molar refractivity (Wildman–Crippen MR) is 73.1 cm³/mol. The van der Waals surface area contributed by atoms with Crippen molar-refractivity contribution in [3.63, 3.8) is 0 Å². The van der Waals surface area contributed by atoms with Crippen LogP contribution in [-0.4, -0.2) is 0 Å². The fourth-order valence-corrected chi connectivity index (χ4v) is 1.98. The minimum Gasteiger partial charge on any atom is -0.309 e. The summed E-state index contributed by atoms with van der Waals surface area (Å²) in [6.45, 7) is 0.963. The van der Waals surface area contributed by atoms with Crippen LogP contribution in [0.15, 0.2) is 42.5 Å². The molecular weight excluding hydrogens is 263 g/mol. The summed E-state index contributed by atoms with van der Waals surface area (Å²) in [4.78, 5) is 0. The maximum Gasteiger partial charge on any atom is 0.127 e. The fourth-order valence-electron chi connectivity index (χ4n) is 1.77. The molecule has 0 aromatic heterocycles. The summed E-state index contributed by atoms with van der Waals surface area (Å²) in [5.74, 6) is -0.308. The number of nitrogens with one attached hydrogen (secondary N) is 1. The van der Waals surface area contributed by atoms with E-state index in [9.17, 15) is 4.39 Å². The number of hydrogen-bond acceptors (Lipinski definition) is 2. The van der Waals surface area contributed by atoms with E-state index >= 15 is 0 Å². The molecule has 0 fully saturated rings. The Kier molecular flexibility index (Phi) is 4.51. The van der Waals surface area contributed by atoms with E-state index in [1.54, 1.807) is 12.1 Å². The summed E-state index contributed by atoms with van der Waals surface area (Å²) in [5.41, 5.74) is 1.98. The van der Waals surface area contributed by atoms with Gasteiger partial charge in [0.15, 0.2) is 0 Å². The summed E-state index contributed by atoms with van der Waals surface area (Å²) < 4.78 is 13.5. The topological polar surface area (TPSA) is 35.8 Å². The predicted octanol–water partition coefficient (Wildman–Crippen LogP) is 3.64. The zero-order valence-corrected chi connectivity index (χ0v) is 10.9. The van der Waals surface area contributed by atoms with Crippen molar-refractivity contribution in [2.45, 2.75) is 13.1 Å². The second kappa shape index (κ2) is 6.33. The van der Waals surface area contributed by atoms with Crippen molar-refractivity contribution in [3.05, 3.63) is 70.0 Å². The van der Waals surface area contributed by atoms with E-state index in [-0.39, 0.29) is 5.82 Å². The van der Waals surface area contributed by atoms with E-state index in [0.29, 0.717) is 29.2 Å². The van der Waals surface area contributed by atoms with Crippen molar-refractivity contribution < 1.29 is 4.39 Å². The van der Waals surface area contributed by atoms with Gasteiger partial charge in [0, 0.05) is 23.7 Å². The van der Waals surface area contributed by atoms with Gasteiger partial charge < -0.3 is 5.32 Å². The summed E-state index contributed by atoms with van der Waals surface area (Å²) >= 11 is 5.88. The van der Waals surface area contributed by atoms with Gasteiger partial charge in [-0.15, -0.1) is 0 Å². The molecule has 2 rings (SSSR count). The molecule has 0 bridgehead atoms. The van der Waals surface area contributed by atoms with E-state index in [0.717, 1.165) is 5.56 Å². The van der Waals surface area contributed by atoms with Crippen LogP contribution in [0, 0.1) is 17.1 Å². The zero-order valence-electron chi connectivity index (χ0n) is 10.2. The number of hydrogen-bond donors (Lipinski definition) is 1. The summed E-state index contributed by atoms with van der Waals surface area (Å²) in [6.07, 6.45) is 0. The Morgan fingerprint density at radius 1 is 1.16 bits per heavy atom. The van der Waals surface area contributed by atoms with Gasteiger partial charge in [-0.05, 0) is 35.9 Å². The Morgan fingerprint density at radius 2 is 2.00 bits per heavy atom. The molecule has 4 heteroatoms. The van der Waals surface area contributed by atoms with Crippen molar-refractivity contribution in [2.24, 2.45) is 0 Å². The van der Waals surface area contributed by atoms with Crippen LogP contribution < -0.4 is 5.32 Å². The molecule has 0 aliphatic rings. The highest BCUT2D eigenvalue weighted by Gasteiger charge is 2.03. The molecule has 2 aromatic carbocycles. The molecule has 19 heavy (non-hydrogen) atoms. The third kappa shape index (κ3) is 3.78. The lowest BCUT2D eigenvalue weighted by molar-refractivity contribution is 0.587. The Balaban J connectivity index is 1.98. The van der Waals surface area contributed by atoms with Crippen LogP contribution in [0.3, 0.4) is 0 Å². The molecule has 96 valence electrons. The van der Waals surface area contributed by atoms with Crippen LogP contribution >= 0.6 is 11.6 Å². The Hall–Kier alpha value is -1.89. The molecule has 0 saturated carbocycles. The van der Waals surface area contributed by atoms with Gasteiger partial charge in [0.05, 0.1) is 11.6 Å². The molecule has 0 saturated heterocycles. The third-order valence-electron chi connectivity index (χ3n) is 2.71. The molecule has 0 unspecified atom stereocenters. The van der Waals surface area contributed by atoms with Crippen molar-refractivity contribution in [2.75, 3.05) is 0 Å². The second-order valence-electron chi connectivity index (χ2n) is 4.15. The van der Waals surface area contributed by atoms with Crippen molar-refractivity contribution in [3.8, 4) is 6.07 Å². The smallest absolute Gasteiger partial charge is 0.127 e. The maximum absolute atomic E-state index is 13.5. The Bertz CT molecular complexity index is 620. The molecular formula is C15H12ClFN2. The van der Waals surface area contributed by atoms with Crippen LogP contribution in [-0.2, 0) is 13.1 Å². The zero-order chi connectivity index (χ0) is 13.7. The Morgan fingerprint density at radius 3 is 2.74 bits per heavy atom. The molecule has 0 amide bonds. The van der Waals surface area contributed by atoms with Crippen LogP contribution in [0.5, 0.6) is 0 Å². The van der Waals surface area contributed by atoms with E-state index in [1.807, 2.05) is 24.3 Å². The third-order valence-corrected chi connectivity index (χ3v) is 2.94.